The Labute approximate surface area is 203 Å². The number of halogens is 1. The standard InChI is InChI=1S/C28H26ClNO4/c1-17-7-8-24-23(11-17)28(31)20(16-34-24)15-30-10-9-18-13-25(32-2)26(33-3)14-22(18)27(30)19-5-4-6-21(29)12-19/h4-8,11-14,16,27H,9-10,15H2,1-3H3/t27-/m0/s1. The van der Waals surface area contributed by atoms with Gasteiger partial charge in [-0.05, 0) is 66.4 Å². The number of nitrogens with zero attached hydrogens (tertiary/aromatic N) is 1. The molecule has 5 nitrogen and oxygen atoms in total. The van der Waals surface area contributed by atoms with Crippen molar-refractivity contribution in [2.24, 2.45) is 0 Å². The topological polar surface area (TPSA) is 51.9 Å². The van der Waals surface area contributed by atoms with Crippen LogP contribution in [0.25, 0.3) is 11.0 Å². The zero-order chi connectivity index (χ0) is 23.8. The third-order valence-electron chi connectivity index (χ3n) is 6.51. The van der Waals surface area contributed by atoms with Crippen LogP contribution in [0.4, 0.5) is 0 Å². The average molecular weight is 476 g/mol. The van der Waals surface area contributed by atoms with Gasteiger partial charge in [0, 0.05) is 23.7 Å². The first-order valence-corrected chi connectivity index (χ1v) is 11.6. The highest BCUT2D eigenvalue weighted by molar-refractivity contribution is 6.30. The summed E-state index contributed by atoms with van der Waals surface area (Å²) in [7, 11) is 3.29. The lowest BCUT2D eigenvalue weighted by molar-refractivity contribution is 0.201. The molecule has 4 aromatic rings. The maximum Gasteiger partial charge on any atom is 0.197 e. The molecular formula is C28H26ClNO4. The number of hydrogen-bond donors (Lipinski definition) is 0. The smallest absolute Gasteiger partial charge is 0.197 e. The summed E-state index contributed by atoms with van der Waals surface area (Å²) in [6.45, 7) is 3.20. The first-order chi connectivity index (χ1) is 16.5. The molecule has 6 heteroatoms. The Hall–Kier alpha value is -3.28. The van der Waals surface area contributed by atoms with Crippen LogP contribution >= 0.6 is 11.6 Å². The lowest BCUT2D eigenvalue weighted by Gasteiger charge is -2.38. The molecule has 0 spiro atoms. The molecule has 1 aliphatic heterocycles. The molecule has 0 unspecified atom stereocenters. The van der Waals surface area contributed by atoms with Crippen molar-refractivity contribution in [3.05, 3.63) is 104 Å². The molecule has 3 aromatic carbocycles. The van der Waals surface area contributed by atoms with E-state index in [4.69, 9.17) is 25.5 Å². The molecule has 0 radical (unpaired) electrons. The number of hydrogen-bond acceptors (Lipinski definition) is 5. The van der Waals surface area contributed by atoms with E-state index < -0.39 is 0 Å². The van der Waals surface area contributed by atoms with Crippen LogP contribution in [0.2, 0.25) is 5.02 Å². The van der Waals surface area contributed by atoms with Gasteiger partial charge in [0.1, 0.15) is 5.58 Å². The van der Waals surface area contributed by atoms with Crippen molar-refractivity contribution in [3.8, 4) is 11.5 Å². The zero-order valence-electron chi connectivity index (χ0n) is 19.4. The number of fused-ring (bicyclic) bond motifs is 2. The van der Waals surface area contributed by atoms with E-state index in [0.717, 1.165) is 29.7 Å². The van der Waals surface area contributed by atoms with Crippen molar-refractivity contribution >= 4 is 22.6 Å². The van der Waals surface area contributed by atoms with E-state index in [2.05, 4.69) is 17.0 Å². The summed E-state index contributed by atoms with van der Waals surface area (Å²) < 4.78 is 17.0. The lowest BCUT2D eigenvalue weighted by Crippen LogP contribution is -2.37. The van der Waals surface area contributed by atoms with Crippen molar-refractivity contribution in [2.45, 2.75) is 25.9 Å². The Morgan fingerprint density at radius 2 is 1.85 bits per heavy atom. The second-order valence-electron chi connectivity index (χ2n) is 8.67. The van der Waals surface area contributed by atoms with Crippen LogP contribution in [-0.4, -0.2) is 25.7 Å². The molecule has 0 bridgehead atoms. The molecule has 2 heterocycles. The second kappa shape index (κ2) is 9.16. The van der Waals surface area contributed by atoms with Crippen LogP contribution < -0.4 is 14.9 Å². The van der Waals surface area contributed by atoms with Gasteiger partial charge in [-0.1, -0.05) is 35.4 Å². The van der Waals surface area contributed by atoms with Gasteiger partial charge < -0.3 is 13.9 Å². The predicted molar refractivity (Wildman–Crippen MR) is 134 cm³/mol. The second-order valence-corrected chi connectivity index (χ2v) is 9.11. The molecule has 0 aliphatic carbocycles. The van der Waals surface area contributed by atoms with Gasteiger partial charge in [-0.15, -0.1) is 0 Å². The van der Waals surface area contributed by atoms with Gasteiger partial charge in [0.2, 0.25) is 0 Å². The van der Waals surface area contributed by atoms with Crippen molar-refractivity contribution in [2.75, 3.05) is 20.8 Å². The molecule has 0 amide bonds. The molecule has 5 rings (SSSR count). The fourth-order valence-electron chi connectivity index (χ4n) is 4.85. The quantitative estimate of drug-likeness (QED) is 0.358. The Morgan fingerprint density at radius 1 is 1.06 bits per heavy atom. The summed E-state index contributed by atoms with van der Waals surface area (Å²) in [6, 6.07) is 17.6. The molecule has 174 valence electrons. The van der Waals surface area contributed by atoms with Crippen molar-refractivity contribution in [1.82, 2.24) is 4.90 Å². The largest absolute Gasteiger partial charge is 0.493 e. The Morgan fingerprint density at radius 3 is 2.62 bits per heavy atom. The molecular weight excluding hydrogens is 450 g/mol. The van der Waals surface area contributed by atoms with E-state index in [0.29, 0.717) is 39.6 Å². The summed E-state index contributed by atoms with van der Waals surface area (Å²) >= 11 is 6.38. The Kier molecular flexibility index (Phi) is 6.07. The summed E-state index contributed by atoms with van der Waals surface area (Å²) in [5, 5.41) is 1.28. The van der Waals surface area contributed by atoms with Gasteiger partial charge in [0.15, 0.2) is 16.9 Å². The molecule has 34 heavy (non-hydrogen) atoms. The lowest BCUT2D eigenvalue weighted by atomic mass is 9.87. The summed E-state index contributed by atoms with van der Waals surface area (Å²) in [5.74, 6) is 1.39. The number of methoxy groups -OCH3 is 2. The SMILES string of the molecule is COc1cc2c(cc1OC)[C@H](c1cccc(Cl)c1)N(Cc1coc3ccc(C)cc3c1=O)CC2. The molecule has 1 atom stereocenters. The number of aryl methyl sites for hydroxylation is 1. The highest BCUT2D eigenvalue weighted by Crippen LogP contribution is 2.41. The van der Waals surface area contributed by atoms with Gasteiger partial charge in [-0.2, -0.15) is 0 Å². The first kappa shape index (κ1) is 22.5. The number of benzene rings is 3. The fourth-order valence-corrected chi connectivity index (χ4v) is 5.05. The van der Waals surface area contributed by atoms with Crippen LogP contribution in [0.1, 0.15) is 33.9 Å². The maximum atomic E-state index is 13.3. The van der Waals surface area contributed by atoms with Crippen LogP contribution in [0.3, 0.4) is 0 Å². The van der Waals surface area contributed by atoms with Crippen molar-refractivity contribution < 1.29 is 13.9 Å². The first-order valence-electron chi connectivity index (χ1n) is 11.2. The van der Waals surface area contributed by atoms with Crippen molar-refractivity contribution in [3.63, 3.8) is 0 Å². The zero-order valence-corrected chi connectivity index (χ0v) is 20.2. The van der Waals surface area contributed by atoms with E-state index in [1.165, 1.54) is 5.56 Å². The Bertz CT molecular complexity index is 1430. The third kappa shape index (κ3) is 4.06. The van der Waals surface area contributed by atoms with E-state index in [1.54, 1.807) is 20.5 Å². The van der Waals surface area contributed by atoms with E-state index in [-0.39, 0.29) is 11.5 Å². The highest BCUT2D eigenvalue weighted by Gasteiger charge is 2.31. The van der Waals surface area contributed by atoms with Crippen LogP contribution in [0.5, 0.6) is 11.5 Å². The normalized spacial score (nSPS) is 15.8. The molecule has 0 N–H and O–H groups in total. The molecule has 1 aromatic heterocycles. The third-order valence-corrected chi connectivity index (χ3v) is 6.75. The van der Waals surface area contributed by atoms with Crippen LogP contribution in [-0.2, 0) is 13.0 Å². The van der Waals surface area contributed by atoms with E-state index in [9.17, 15) is 4.79 Å². The minimum absolute atomic E-state index is 0.00732. The Balaban J connectivity index is 1.62. The summed E-state index contributed by atoms with van der Waals surface area (Å²) in [6.07, 6.45) is 2.42. The molecule has 0 fully saturated rings. The van der Waals surface area contributed by atoms with Gasteiger partial charge in [0.05, 0.1) is 31.9 Å². The highest BCUT2D eigenvalue weighted by atomic mass is 35.5. The number of rotatable bonds is 5. The minimum atomic E-state index is -0.102. The number of ether oxygens (including phenoxy) is 2. The molecule has 0 saturated carbocycles. The predicted octanol–water partition coefficient (Wildman–Crippen LogP) is 5.92. The van der Waals surface area contributed by atoms with E-state index >= 15 is 0 Å². The monoisotopic (exact) mass is 475 g/mol. The fraction of sp³-hybridized carbons (Fsp3) is 0.250. The van der Waals surface area contributed by atoms with Crippen LogP contribution in [0.15, 0.2) is 70.1 Å². The van der Waals surface area contributed by atoms with Gasteiger partial charge in [0.25, 0.3) is 0 Å². The minimum Gasteiger partial charge on any atom is -0.493 e. The van der Waals surface area contributed by atoms with Gasteiger partial charge >= 0.3 is 0 Å². The molecule has 0 saturated heterocycles. The van der Waals surface area contributed by atoms with E-state index in [1.807, 2.05) is 49.4 Å². The summed E-state index contributed by atoms with van der Waals surface area (Å²) in [5.41, 5.74) is 5.64. The van der Waals surface area contributed by atoms with Crippen molar-refractivity contribution in [1.29, 1.82) is 0 Å². The van der Waals surface area contributed by atoms with Crippen LogP contribution in [0, 0.1) is 6.92 Å². The molecule has 1 aliphatic rings. The van der Waals surface area contributed by atoms with Gasteiger partial charge in [-0.3, -0.25) is 9.69 Å². The average Bonchev–Trinajstić information content (AvgIpc) is 2.85. The van der Waals surface area contributed by atoms with Gasteiger partial charge in [-0.25, -0.2) is 0 Å². The summed E-state index contributed by atoms with van der Waals surface area (Å²) in [4.78, 5) is 15.6. The maximum absolute atomic E-state index is 13.3.